The predicted molar refractivity (Wildman–Crippen MR) is 47.8 cm³/mol. The number of hydrogen-bond acceptors (Lipinski definition) is 1. The van der Waals surface area contributed by atoms with E-state index in [2.05, 4.69) is 13.8 Å². The summed E-state index contributed by atoms with van der Waals surface area (Å²) in [4.78, 5) is 10.6. The standard InChI is InChI=1S/C10H14O2/c1-10(2)6-3-4-8(5-7-10)9(11)12/h3-5,7-8H,6H2,1-2H3,(H,11,12). The van der Waals surface area contributed by atoms with Gasteiger partial charge in [0.05, 0.1) is 5.92 Å². The Balaban J connectivity index is 2.80. The van der Waals surface area contributed by atoms with Crippen LogP contribution in [0.3, 0.4) is 0 Å². The maximum Gasteiger partial charge on any atom is 0.314 e. The quantitative estimate of drug-likeness (QED) is 0.606. The van der Waals surface area contributed by atoms with Gasteiger partial charge in [0, 0.05) is 0 Å². The summed E-state index contributed by atoms with van der Waals surface area (Å²) in [6.07, 6.45) is 8.33. The van der Waals surface area contributed by atoms with Crippen molar-refractivity contribution < 1.29 is 9.90 Å². The third-order valence-corrected chi connectivity index (χ3v) is 2.03. The average Bonchev–Trinajstić information content (AvgIpc) is 2.10. The monoisotopic (exact) mass is 166 g/mol. The molecular formula is C10H14O2. The molecule has 0 saturated carbocycles. The lowest BCUT2D eigenvalue weighted by Gasteiger charge is -2.15. The number of allylic oxidation sites excluding steroid dienone is 2. The fourth-order valence-corrected chi connectivity index (χ4v) is 1.18. The Bertz CT molecular complexity index is 236. The van der Waals surface area contributed by atoms with Crippen LogP contribution in [0.5, 0.6) is 0 Å². The van der Waals surface area contributed by atoms with E-state index in [0.29, 0.717) is 0 Å². The minimum absolute atomic E-state index is 0.0979. The Kier molecular flexibility index (Phi) is 2.36. The molecule has 2 heteroatoms. The highest BCUT2D eigenvalue weighted by Gasteiger charge is 2.18. The molecule has 0 aromatic heterocycles. The molecule has 66 valence electrons. The SMILES string of the molecule is CC1(C)C=CC(C(=O)O)C=CC1. The molecule has 0 aromatic rings. The van der Waals surface area contributed by atoms with Gasteiger partial charge < -0.3 is 5.11 Å². The van der Waals surface area contributed by atoms with Crippen LogP contribution >= 0.6 is 0 Å². The molecule has 0 radical (unpaired) electrons. The van der Waals surface area contributed by atoms with Crippen LogP contribution in [0, 0.1) is 11.3 Å². The predicted octanol–water partition coefficient (Wildman–Crippen LogP) is 2.23. The van der Waals surface area contributed by atoms with Gasteiger partial charge in [-0.1, -0.05) is 38.2 Å². The zero-order chi connectivity index (χ0) is 9.19. The van der Waals surface area contributed by atoms with Gasteiger partial charge in [-0.15, -0.1) is 0 Å². The molecule has 1 atom stereocenters. The molecule has 0 bridgehead atoms. The normalized spacial score (nSPS) is 26.7. The largest absolute Gasteiger partial charge is 0.481 e. The lowest BCUT2D eigenvalue weighted by molar-refractivity contribution is -0.138. The average molecular weight is 166 g/mol. The van der Waals surface area contributed by atoms with Crippen molar-refractivity contribution in [1.29, 1.82) is 0 Å². The van der Waals surface area contributed by atoms with E-state index in [0.717, 1.165) is 6.42 Å². The highest BCUT2D eigenvalue weighted by Crippen LogP contribution is 2.26. The van der Waals surface area contributed by atoms with Crippen molar-refractivity contribution in [3.8, 4) is 0 Å². The maximum absolute atomic E-state index is 10.6. The zero-order valence-electron chi connectivity index (χ0n) is 7.45. The van der Waals surface area contributed by atoms with Crippen molar-refractivity contribution in [3.63, 3.8) is 0 Å². The van der Waals surface area contributed by atoms with Crippen molar-refractivity contribution in [2.75, 3.05) is 0 Å². The first-order chi connectivity index (χ1) is 5.51. The van der Waals surface area contributed by atoms with Gasteiger partial charge in [-0.05, 0) is 11.8 Å². The number of carboxylic acid groups (broad SMARTS) is 1. The molecule has 0 saturated heterocycles. The van der Waals surface area contributed by atoms with Crippen molar-refractivity contribution >= 4 is 5.97 Å². The number of rotatable bonds is 1. The summed E-state index contributed by atoms with van der Waals surface area (Å²) in [6, 6.07) is 0. The Morgan fingerprint density at radius 3 is 2.75 bits per heavy atom. The summed E-state index contributed by atoms with van der Waals surface area (Å²) in [7, 11) is 0. The van der Waals surface area contributed by atoms with E-state index in [1.165, 1.54) is 0 Å². The van der Waals surface area contributed by atoms with Crippen molar-refractivity contribution in [2.24, 2.45) is 11.3 Å². The van der Waals surface area contributed by atoms with E-state index in [9.17, 15) is 4.79 Å². The molecule has 1 aliphatic rings. The minimum atomic E-state index is -0.778. The number of hydrogen-bond donors (Lipinski definition) is 1. The highest BCUT2D eigenvalue weighted by molar-refractivity contribution is 5.74. The summed E-state index contributed by atoms with van der Waals surface area (Å²) in [5.74, 6) is -1.22. The van der Waals surface area contributed by atoms with Crippen molar-refractivity contribution in [1.82, 2.24) is 0 Å². The fraction of sp³-hybridized carbons (Fsp3) is 0.500. The van der Waals surface area contributed by atoms with E-state index in [1.54, 1.807) is 12.2 Å². The molecule has 1 aliphatic carbocycles. The smallest absolute Gasteiger partial charge is 0.314 e. The molecule has 1 rings (SSSR count). The van der Waals surface area contributed by atoms with E-state index in [1.807, 2.05) is 12.2 Å². The van der Waals surface area contributed by atoms with E-state index < -0.39 is 11.9 Å². The lowest BCUT2D eigenvalue weighted by Crippen LogP contribution is -2.08. The summed E-state index contributed by atoms with van der Waals surface area (Å²) < 4.78 is 0. The summed E-state index contributed by atoms with van der Waals surface area (Å²) in [5.41, 5.74) is 0.0979. The molecule has 1 N–H and O–H groups in total. The second kappa shape index (κ2) is 3.13. The summed E-state index contributed by atoms with van der Waals surface area (Å²) >= 11 is 0. The second-order valence-corrected chi connectivity index (χ2v) is 3.84. The van der Waals surface area contributed by atoms with Gasteiger partial charge in [-0.3, -0.25) is 4.79 Å². The third-order valence-electron chi connectivity index (χ3n) is 2.03. The summed E-state index contributed by atoms with van der Waals surface area (Å²) in [6.45, 7) is 4.19. The second-order valence-electron chi connectivity index (χ2n) is 3.84. The van der Waals surface area contributed by atoms with Crippen LogP contribution in [0.4, 0.5) is 0 Å². The molecule has 0 fully saturated rings. The molecule has 0 heterocycles. The molecule has 0 spiro atoms. The van der Waals surface area contributed by atoms with E-state index in [4.69, 9.17) is 5.11 Å². The first kappa shape index (κ1) is 9.04. The minimum Gasteiger partial charge on any atom is -0.481 e. The molecule has 0 aliphatic heterocycles. The van der Waals surface area contributed by atoms with Gasteiger partial charge in [-0.25, -0.2) is 0 Å². The van der Waals surface area contributed by atoms with Crippen LogP contribution in [0.25, 0.3) is 0 Å². The van der Waals surface area contributed by atoms with Gasteiger partial charge >= 0.3 is 5.97 Å². The molecule has 2 nitrogen and oxygen atoms in total. The lowest BCUT2D eigenvalue weighted by atomic mass is 9.90. The van der Waals surface area contributed by atoms with Gasteiger partial charge in [0.2, 0.25) is 0 Å². The van der Waals surface area contributed by atoms with Crippen molar-refractivity contribution in [2.45, 2.75) is 20.3 Å². The fourth-order valence-electron chi connectivity index (χ4n) is 1.18. The number of aliphatic carboxylic acids is 1. The van der Waals surface area contributed by atoms with Gasteiger partial charge in [0.15, 0.2) is 0 Å². The number of carbonyl (C=O) groups is 1. The Labute approximate surface area is 72.6 Å². The van der Waals surface area contributed by atoms with E-state index >= 15 is 0 Å². The van der Waals surface area contributed by atoms with Crippen LogP contribution in [-0.2, 0) is 4.79 Å². The molecule has 0 amide bonds. The van der Waals surface area contributed by atoms with Gasteiger partial charge in [0.25, 0.3) is 0 Å². The molecular weight excluding hydrogens is 152 g/mol. The van der Waals surface area contributed by atoms with Crippen molar-refractivity contribution in [3.05, 3.63) is 24.3 Å². The first-order valence-electron chi connectivity index (χ1n) is 4.10. The maximum atomic E-state index is 10.6. The molecule has 1 unspecified atom stereocenters. The van der Waals surface area contributed by atoms with Gasteiger partial charge in [0.1, 0.15) is 0 Å². The Morgan fingerprint density at radius 1 is 1.50 bits per heavy atom. The Hall–Kier alpha value is -1.05. The van der Waals surface area contributed by atoms with Gasteiger partial charge in [-0.2, -0.15) is 0 Å². The molecule has 12 heavy (non-hydrogen) atoms. The van der Waals surface area contributed by atoms with Crippen LogP contribution in [0.1, 0.15) is 20.3 Å². The highest BCUT2D eigenvalue weighted by atomic mass is 16.4. The Morgan fingerprint density at radius 2 is 2.17 bits per heavy atom. The van der Waals surface area contributed by atoms with Crippen LogP contribution in [0.15, 0.2) is 24.3 Å². The third kappa shape index (κ3) is 2.22. The number of carboxylic acids is 1. The first-order valence-corrected chi connectivity index (χ1v) is 4.10. The van der Waals surface area contributed by atoms with Crippen LogP contribution in [-0.4, -0.2) is 11.1 Å². The summed E-state index contributed by atoms with van der Waals surface area (Å²) in [5, 5.41) is 8.73. The topological polar surface area (TPSA) is 37.3 Å². The molecule has 0 aromatic carbocycles. The van der Waals surface area contributed by atoms with E-state index in [-0.39, 0.29) is 5.41 Å². The van der Waals surface area contributed by atoms with Crippen LogP contribution < -0.4 is 0 Å². The zero-order valence-corrected chi connectivity index (χ0v) is 7.45. The van der Waals surface area contributed by atoms with Crippen LogP contribution in [0.2, 0.25) is 0 Å².